The van der Waals surface area contributed by atoms with Gasteiger partial charge in [0, 0.05) is 0 Å². The zero-order valence-corrected chi connectivity index (χ0v) is 24.7. The molecule has 0 atom stereocenters. The summed E-state index contributed by atoms with van der Waals surface area (Å²) in [5.41, 5.74) is 1.88. The van der Waals surface area contributed by atoms with Gasteiger partial charge in [-0.1, -0.05) is 0 Å². The number of rotatable bonds is 12. The molecule has 192 valence electrons. The summed E-state index contributed by atoms with van der Waals surface area (Å²) in [6, 6.07) is 28.1. The monoisotopic (exact) mass is 604 g/mol. The van der Waals surface area contributed by atoms with Crippen LogP contribution in [0.5, 0.6) is 0 Å². The van der Waals surface area contributed by atoms with Crippen LogP contribution in [-0.4, -0.2) is 31.1 Å². The van der Waals surface area contributed by atoms with Crippen LogP contribution in [0.25, 0.3) is 21.5 Å². The molecule has 4 nitrogen and oxygen atoms in total. The van der Waals surface area contributed by atoms with Gasteiger partial charge in [0.25, 0.3) is 0 Å². The third kappa shape index (κ3) is 7.13. The van der Waals surface area contributed by atoms with Crippen LogP contribution >= 0.6 is 0 Å². The van der Waals surface area contributed by atoms with Crippen LogP contribution in [0, 0.1) is 0 Å². The van der Waals surface area contributed by atoms with Crippen molar-refractivity contribution >= 4 is 52.7 Å². The summed E-state index contributed by atoms with van der Waals surface area (Å²) in [6.45, 7) is 4.23. The fourth-order valence-corrected chi connectivity index (χ4v) is 14.8. The van der Waals surface area contributed by atoms with Crippen LogP contribution in [0.4, 0.5) is 0 Å². The number of carbonyl (C=O) groups is 2. The standard InChI is InChI=1S/2C12H10O2.2C4H9.Sn/c2*13-12(14)8-10-6-3-5-9-4-1-2-7-11(9)10;2*1-3-4-2;/h2*1-7H,8H2,(H,13,14);2*1,3-4H2,2H3;/q;;;;+2/p-2. The fourth-order valence-electron chi connectivity index (χ4n) is 4.93. The molecule has 0 heterocycles. The topological polar surface area (TPSA) is 52.6 Å². The Bertz CT molecular complexity index is 1250. The van der Waals surface area contributed by atoms with Crippen LogP contribution in [0.1, 0.15) is 50.7 Å². The Labute approximate surface area is 224 Å². The molecule has 0 aliphatic carbocycles. The van der Waals surface area contributed by atoms with Gasteiger partial charge >= 0.3 is 226 Å². The normalized spacial score (nSPS) is 11.5. The molecule has 0 bridgehead atoms. The Morgan fingerprint density at radius 1 is 0.595 bits per heavy atom. The molecule has 37 heavy (non-hydrogen) atoms. The summed E-state index contributed by atoms with van der Waals surface area (Å²) in [4.78, 5) is 26.7. The van der Waals surface area contributed by atoms with E-state index < -0.39 is 19.2 Å². The molecule has 0 radical (unpaired) electrons. The Hall–Kier alpha value is -2.86. The fraction of sp³-hybridized carbons (Fsp3) is 0.312. The first-order valence-corrected chi connectivity index (χ1v) is 19.8. The molecule has 4 aromatic carbocycles. The first-order valence-electron chi connectivity index (χ1n) is 13.4. The maximum atomic E-state index is 13.4. The van der Waals surface area contributed by atoms with Crippen molar-refractivity contribution in [1.29, 1.82) is 0 Å². The SMILES string of the molecule is CCC[CH2][Sn]([CH2]CCC)([O]C(=O)Cc1cccc2ccccc12)[O]C(=O)Cc1cccc2ccccc12. The van der Waals surface area contributed by atoms with E-state index in [0.717, 1.165) is 58.4 Å². The first-order chi connectivity index (χ1) is 18.0. The molecule has 0 unspecified atom stereocenters. The van der Waals surface area contributed by atoms with Crippen molar-refractivity contribution in [2.45, 2.75) is 61.2 Å². The predicted octanol–water partition coefficient (Wildman–Crippen LogP) is 7.91. The zero-order chi connectivity index (χ0) is 26.1. The number of unbranched alkanes of at least 4 members (excludes halogenated alkanes) is 2. The van der Waals surface area contributed by atoms with E-state index in [0.29, 0.717) is 8.87 Å². The van der Waals surface area contributed by atoms with Gasteiger partial charge in [-0.05, 0) is 0 Å². The minimum atomic E-state index is -4.05. The second-order valence-electron chi connectivity index (χ2n) is 9.70. The van der Waals surface area contributed by atoms with Gasteiger partial charge in [-0.25, -0.2) is 0 Å². The quantitative estimate of drug-likeness (QED) is 0.155. The van der Waals surface area contributed by atoms with Crippen molar-refractivity contribution in [1.82, 2.24) is 0 Å². The minimum absolute atomic E-state index is 0.180. The van der Waals surface area contributed by atoms with Crippen molar-refractivity contribution in [2.75, 3.05) is 0 Å². The van der Waals surface area contributed by atoms with Crippen LogP contribution in [0.2, 0.25) is 8.87 Å². The second kappa shape index (κ2) is 13.1. The van der Waals surface area contributed by atoms with E-state index in [1.54, 1.807) is 0 Å². The molecule has 0 fully saturated rings. The first kappa shape index (κ1) is 27.2. The molecule has 0 N–H and O–H groups in total. The third-order valence-electron chi connectivity index (χ3n) is 6.85. The van der Waals surface area contributed by atoms with Gasteiger partial charge in [0.1, 0.15) is 0 Å². The molecular formula is C32H36O4Sn. The van der Waals surface area contributed by atoms with Gasteiger partial charge < -0.3 is 0 Å². The molecule has 5 heteroatoms. The maximum absolute atomic E-state index is 13.4. The average Bonchev–Trinajstić information content (AvgIpc) is 2.91. The molecule has 0 aliphatic rings. The number of hydrogen-bond acceptors (Lipinski definition) is 4. The number of hydrogen-bond donors (Lipinski definition) is 0. The second-order valence-corrected chi connectivity index (χ2v) is 18.9. The van der Waals surface area contributed by atoms with E-state index in [-0.39, 0.29) is 24.8 Å². The Morgan fingerprint density at radius 3 is 1.43 bits per heavy atom. The van der Waals surface area contributed by atoms with E-state index in [4.69, 9.17) is 6.15 Å². The summed E-state index contributed by atoms with van der Waals surface area (Å²) in [7, 11) is 0. The molecule has 0 spiro atoms. The zero-order valence-electron chi connectivity index (χ0n) is 21.9. The van der Waals surface area contributed by atoms with Gasteiger partial charge in [0.05, 0.1) is 0 Å². The number of carbonyl (C=O) groups excluding carboxylic acids is 2. The third-order valence-corrected chi connectivity index (χ3v) is 16.6. The molecule has 4 aromatic rings. The molecule has 0 saturated heterocycles. The average molecular weight is 603 g/mol. The van der Waals surface area contributed by atoms with E-state index in [1.165, 1.54) is 0 Å². The van der Waals surface area contributed by atoms with Gasteiger partial charge in [0.15, 0.2) is 0 Å². The van der Waals surface area contributed by atoms with Crippen molar-refractivity contribution in [3.63, 3.8) is 0 Å². The van der Waals surface area contributed by atoms with Crippen LogP contribution in [0.15, 0.2) is 84.9 Å². The van der Waals surface area contributed by atoms with E-state index in [9.17, 15) is 9.59 Å². The van der Waals surface area contributed by atoms with Crippen molar-refractivity contribution < 1.29 is 15.7 Å². The predicted molar refractivity (Wildman–Crippen MR) is 153 cm³/mol. The van der Waals surface area contributed by atoms with Gasteiger partial charge in [-0.15, -0.1) is 0 Å². The summed E-state index contributed by atoms with van der Waals surface area (Å²) in [6.07, 6.45) is 4.07. The molecular weight excluding hydrogens is 567 g/mol. The molecule has 4 rings (SSSR count). The van der Waals surface area contributed by atoms with E-state index in [2.05, 4.69) is 13.8 Å². The van der Waals surface area contributed by atoms with Crippen molar-refractivity contribution in [3.8, 4) is 0 Å². The molecule has 0 saturated carbocycles. The molecule has 0 aromatic heterocycles. The van der Waals surface area contributed by atoms with Crippen molar-refractivity contribution in [2.24, 2.45) is 0 Å². The Balaban J connectivity index is 1.56. The summed E-state index contributed by atoms with van der Waals surface area (Å²) in [5, 5.41) is 4.30. The summed E-state index contributed by atoms with van der Waals surface area (Å²) >= 11 is -4.05. The Kier molecular flexibility index (Phi) is 9.62. The number of benzene rings is 4. The van der Waals surface area contributed by atoms with Gasteiger partial charge in [-0.2, -0.15) is 0 Å². The molecule has 0 aliphatic heterocycles. The van der Waals surface area contributed by atoms with Crippen LogP contribution in [-0.2, 0) is 28.6 Å². The number of fused-ring (bicyclic) bond motifs is 2. The Morgan fingerprint density at radius 2 is 1.00 bits per heavy atom. The van der Waals surface area contributed by atoms with Gasteiger partial charge in [0.2, 0.25) is 0 Å². The molecule has 0 amide bonds. The summed E-state index contributed by atoms with van der Waals surface area (Å²) < 4.78 is 14.0. The summed E-state index contributed by atoms with van der Waals surface area (Å²) in [5.74, 6) is -0.561. The van der Waals surface area contributed by atoms with E-state index in [1.807, 2.05) is 84.9 Å². The van der Waals surface area contributed by atoms with Gasteiger partial charge in [-0.3, -0.25) is 0 Å². The van der Waals surface area contributed by atoms with Crippen molar-refractivity contribution in [3.05, 3.63) is 96.1 Å². The van der Waals surface area contributed by atoms with Crippen LogP contribution in [0.3, 0.4) is 0 Å². The van der Waals surface area contributed by atoms with E-state index >= 15 is 0 Å². The van der Waals surface area contributed by atoms with Crippen LogP contribution < -0.4 is 0 Å².